The predicted octanol–water partition coefficient (Wildman–Crippen LogP) is 4.15. The third-order valence-corrected chi connectivity index (χ3v) is 6.34. The Bertz CT molecular complexity index is 1120. The predicted molar refractivity (Wildman–Crippen MR) is 124 cm³/mol. The molecule has 1 aromatic heterocycles. The maximum absolute atomic E-state index is 13.3. The molecule has 168 valence electrons. The zero-order valence-corrected chi connectivity index (χ0v) is 18.9. The normalized spacial score (nSPS) is 18.7. The van der Waals surface area contributed by atoms with Crippen molar-refractivity contribution in [2.75, 3.05) is 24.2 Å². The van der Waals surface area contributed by atoms with Crippen LogP contribution >= 0.6 is 11.8 Å². The van der Waals surface area contributed by atoms with Crippen molar-refractivity contribution < 1.29 is 18.7 Å². The minimum Gasteiger partial charge on any atom is -0.372 e. The second-order valence-electron chi connectivity index (χ2n) is 8.04. The summed E-state index contributed by atoms with van der Waals surface area (Å²) in [5.74, 6) is -0.387. The Morgan fingerprint density at radius 1 is 1.12 bits per heavy atom. The molecular weight excluding hydrogens is 429 g/mol. The summed E-state index contributed by atoms with van der Waals surface area (Å²) in [5, 5.41) is 3.71. The summed E-state index contributed by atoms with van der Waals surface area (Å²) in [6.45, 7) is 5.36. The van der Waals surface area contributed by atoms with Crippen LogP contribution in [0, 0.1) is 5.82 Å². The van der Waals surface area contributed by atoms with E-state index in [-0.39, 0.29) is 36.3 Å². The number of hydrogen-bond donors (Lipinski definition) is 1. The van der Waals surface area contributed by atoms with Gasteiger partial charge in [-0.05, 0) is 38.1 Å². The molecule has 32 heavy (non-hydrogen) atoms. The Labute approximate surface area is 190 Å². The SMILES string of the molecule is C[C@H]1CN(C(=O)Cn2cc(SCC(=O)Nc3cccc(F)c3)c3ccccc32)C[C@H](C)O1. The molecule has 2 aromatic carbocycles. The largest absolute Gasteiger partial charge is 0.372 e. The Hall–Kier alpha value is -2.84. The summed E-state index contributed by atoms with van der Waals surface area (Å²) in [7, 11) is 0. The Morgan fingerprint density at radius 2 is 1.88 bits per heavy atom. The van der Waals surface area contributed by atoms with Crippen molar-refractivity contribution in [3.8, 4) is 0 Å². The molecule has 1 aliphatic rings. The van der Waals surface area contributed by atoms with Crippen LogP contribution in [0.25, 0.3) is 10.9 Å². The number of thioether (sulfide) groups is 1. The topological polar surface area (TPSA) is 63.6 Å². The van der Waals surface area contributed by atoms with Crippen LogP contribution in [0.5, 0.6) is 0 Å². The summed E-state index contributed by atoms with van der Waals surface area (Å²) < 4.78 is 21.0. The highest BCUT2D eigenvalue weighted by atomic mass is 32.2. The van der Waals surface area contributed by atoms with Crippen LogP contribution in [0.4, 0.5) is 10.1 Å². The molecule has 1 N–H and O–H groups in total. The number of para-hydroxylation sites is 1. The van der Waals surface area contributed by atoms with Crippen molar-refractivity contribution in [3.63, 3.8) is 0 Å². The molecule has 0 radical (unpaired) electrons. The highest BCUT2D eigenvalue weighted by Crippen LogP contribution is 2.30. The standard InChI is InChI=1S/C24H26FN3O3S/c1-16-11-28(12-17(2)31-16)24(30)14-27-13-22(20-8-3-4-9-21(20)27)32-15-23(29)26-19-7-5-6-18(25)10-19/h3-10,13,16-17H,11-12,14-15H2,1-2H3,(H,26,29)/t16-,17-/m0/s1. The molecule has 1 saturated heterocycles. The minimum atomic E-state index is -0.396. The first-order valence-electron chi connectivity index (χ1n) is 10.6. The van der Waals surface area contributed by atoms with E-state index in [1.807, 2.05) is 53.8 Å². The number of rotatable bonds is 6. The molecule has 3 aromatic rings. The lowest BCUT2D eigenvalue weighted by Gasteiger charge is -2.35. The lowest BCUT2D eigenvalue weighted by atomic mass is 10.2. The molecule has 2 heterocycles. The summed E-state index contributed by atoms with van der Waals surface area (Å²) in [6.07, 6.45) is 1.97. The van der Waals surface area contributed by atoms with E-state index in [4.69, 9.17) is 4.74 Å². The smallest absolute Gasteiger partial charge is 0.242 e. The molecule has 1 aliphatic heterocycles. The van der Waals surface area contributed by atoms with Crippen LogP contribution in [-0.2, 0) is 20.9 Å². The number of hydrogen-bond acceptors (Lipinski definition) is 4. The molecule has 0 unspecified atom stereocenters. The molecule has 0 spiro atoms. The van der Waals surface area contributed by atoms with E-state index in [1.54, 1.807) is 12.1 Å². The Kier molecular flexibility index (Phi) is 6.81. The average molecular weight is 456 g/mol. The van der Waals surface area contributed by atoms with E-state index in [9.17, 15) is 14.0 Å². The number of carbonyl (C=O) groups excluding carboxylic acids is 2. The van der Waals surface area contributed by atoms with Crippen LogP contribution in [0.15, 0.2) is 59.6 Å². The molecule has 0 aliphatic carbocycles. The van der Waals surface area contributed by atoms with Gasteiger partial charge in [0, 0.05) is 40.8 Å². The van der Waals surface area contributed by atoms with E-state index in [0.29, 0.717) is 18.8 Å². The van der Waals surface area contributed by atoms with Gasteiger partial charge in [0.05, 0.1) is 18.0 Å². The Balaban J connectivity index is 1.45. The van der Waals surface area contributed by atoms with Gasteiger partial charge in [-0.1, -0.05) is 24.3 Å². The maximum atomic E-state index is 13.3. The summed E-state index contributed by atoms with van der Waals surface area (Å²) in [5.41, 5.74) is 1.38. The number of morpholine rings is 1. The van der Waals surface area contributed by atoms with Crippen LogP contribution in [-0.4, -0.2) is 52.3 Å². The van der Waals surface area contributed by atoms with Gasteiger partial charge in [-0.2, -0.15) is 0 Å². The van der Waals surface area contributed by atoms with Crippen molar-refractivity contribution >= 4 is 40.2 Å². The monoisotopic (exact) mass is 455 g/mol. The van der Waals surface area contributed by atoms with Crippen molar-refractivity contribution in [2.45, 2.75) is 37.5 Å². The van der Waals surface area contributed by atoms with Crippen LogP contribution < -0.4 is 5.32 Å². The van der Waals surface area contributed by atoms with Gasteiger partial charge in [-0.15, -0.1) is 11.8 Å². The molecule has 8 heteroatoms. The molecule has 4 rings (SSSR count). The second-order valence-corrected chi connectivity index (χ2v) is 9.06. The summed E-state index contributed by atoms with van der Waals surface area (Å²) in [6, 6.07) is 13.7. The van der Waals surface area contributed by atoms with Crippen LogP contribution in [0.2, 0.25) is 0 Å². The number of benzene rings is 2. The number of nitrogens with one attached hydrogen (secondary N) is 1. The first-order valence-corrected chi connectivity index (χ1v) is 11.6. The quantitative estimate of drug-likeness (QED) is 0.568. The number of ether oxygens (including phenoxy) is 1. The first kappa shape index (κ1) is 22.4. The van der Waals surface area contributed by atoms with Gasteiger partial charge >= 0.3 is 0 Å². The fourth-order valence-electron chi connectivity index (χ4n) is 3.99. The van der Waals surface area contributed by atoms with Gasteiger partial charge in [0.1, 0.15) is 12.4 Å². The van der Waals surface area contributed by atoms with Crippen LogP contribution in [0.3, 0.4) is 0 Å². The summed E-state index contributed by atoms with van der Waals surface area (Å²) in [4.78, 5) is 28.1. The third kappa shape index (κ3) is 5.31. The number of nitrogens with zero attached hydrogens (tertiary/aromatic N) is 2. The molecular formula is C24H26FN3O3S. The van der Waals surface area contributed by atoms with E-state index in [2.05, 4.69) is 5.32 Å². The first-order chi connectivity index (χ1) is 15.4. The van der Waals surface area contributed by atoms with E-state index >= 15 is 0 Å². The summed E-state index contributed by atoms with van der Waals surface area (Å²) >= 11 is 1.39. The van der Waals surface area contributed by atoms with Crippen molar-refractivity contribution in [2.24, 2.45) is 0 Å². The Morgan fingerprint density at radius 3 is 2.62 bits per heavy atom. The van der Waals surface area contributed by atoms with Gasteiger partial charge in [-0.3, -0.25) is 9.59 Å². The number of carbonyl (C=O) groups is 2. The molecule has 0 saturated carbocycles. The van der Waals surface area contributed by atoms with Gasteiger partial charge in [0.15, 0.2) is 0 Å². The van der Waals surface area contributed by atoms with Gasteiger partial charge in [0.25, 0.3) is 0 Å². The molecule has 0 bridgehead atoms. The molecule has 6 nitrogen and oxygen atoms in total. The van der Waals surface area contributed by atoms with Crippen molar-refractivity contribution in [1.29, 1.82) is 0 Å². The number of halogens is 1. The number of amides is 2. The highest BCUT2D eigenvalue weighted by molar-refractivity contribution is 8.00. The van der Waals surface area contributed by atoms with E-state index in [0.717, 1.165) is 15.8 Å². The van der Waals surface area contributed by atoms with Gasteiger partial charge in [-0.25, -0.2) is 4.39 Å². The fraction of sp³-hybridized carbons (Fsp3) is 0.333. The second kappa shape index (κ2) is 9.75. The fourth-order valence-corrected chi connectivity index (χ4v) is 4.88. The van der Waals surface area contributed by atoms with Crippen molar-refractivity contribution in [1.82, 2.24) is 9.47 Å². The number of anilines is 1. The lowest BCUT2D eigenvalue weighted by Crippen LogP contribution is -2.49. The molecule has 2 amide bonds. The number of fused-ring (bicyclic) bond motifs is 1. The maximum Gasteiger partial charge on any atom is 0.242 e. The minimum absolute atomic E-state index is 0.0202. The zero-order valence-electron chi connectivity index (χ0n) is 18.1. The van der Waals surface area contributed by atoms with E-state index in [1.165, 1.54) is 23.9 Å². The highest BCUT2D eigenvalue weighted by Gasteiger charge is 2.26. The zero-order chi connectivity index (χ0) is 22.7. The molecule has 2 atom stereocenters. The third-order valence-electron chi connectivity index (χ3n) is 5.30. The lowest BCUT2D eigenvalue weighted by molar-refractivity contribution is -0.143. The average Bonchev–Trinajstić information content (AvgIpc) is 3.09. The number of aromatic nitrogens is 1. The van der Waals surface area contributed by atoms with Gasteiger partial charge in [0.2, 0.25) is 11.8 Å². The van der Waals surface area contributed by atoms with E-state index < -0.39 is 5.82 Å². The van der Waals surface area contributed by atoms with Crippen LogP contribution in [0.1, 0.15) is 13.8 Å². The molecule has 1 fully saturated rings. The van der Waals surface area contributed by atoms with Gasteiger partial charge < -0.3 is 19.5 Å². The van der Waals surface area contributed by atoms with Crippen molar-refractivity contribution in [3.05, 3.63) is 60.5 Å².